The summed E-state index contributed by atoms with van der Waals surface area (Å²) in [6.45, 7) is 7.13. The van der Waals surface area contributed by atoms with Gasteiger partial charge in [0.25, 0.3) is 5.91 Å². The van der Waals surface area contributed by atoms with E-state index in [0.29, 0.717) is 16.3 Å². The lowest BCUT2D eigenvalue weighted by Crippen LogP contribution is -2.71. The number of hydrogen-bond donors (Lipinski definition) is 1. The predicted octanol–water partition coefficient (Wildman–Crippen LogP) is 3.93. The second-order valence-corrected chi connectivity index (χ2v) is 8.03. The molecule has 1 amide bonds. The van der Waals surface area contributed by atoms with Crippen LogP contribution in [0, 0.1) is 6.92 Å². The number of benzene rings is 1. The average Bonchev–Trinajstić information content (AvgIpc) is 3.05. The maximum absolute atomic E-state index is 13.5. The molecule has 26 heavy (non-hydrogen) atoms. The highest BCUT2D eigenvalue weighted by Crippen LogP contribution is 2.46. The number of nitrogens with zero attached hydrogens (tertiary/aromatic N) is 1. The molecule has 1 saturated heterocycles. The van der Waals surface area contributed by atoms with Crippen LogP contribution in [0.25, 0.3) is 0 Å². The monoisotopic (exact) mass is 379 g/mol. The van der Waals surface area contributed by atoms with Gasteiger partial charge in [0.05, 0.1) is 38.0 Å². The smallest absolute Gasteiger partial charge is 0.340 e. The second kappa shape index (κ2) is 7.20. The highest BCUT2D eigenvalue weighted by atomic mass is 35.5. The van der Waals surface area contributed by atoms with Crippen LogP contribution in [-0.4, -0.2) is 48.6 Å². The molecule has 1 aromatic rings. The fourth-order valence-electron chi connectivity index (χ4n) is 4.83. The Kier molecular flexibility index (Phi) is 5.31. The molecule has 0 radical (unpaired) electrons. The van der Waals surface area contributed by atoms with Crippen molar-refractivity contribution in [2.24, 2.45) is 0 Å². The zero-order valence-corrected chi connectivity index (χ0v) is 16.6. The molecule has 5 nitrogen and oxygen atoms in total. The highest BCUT2D eigenvalue weighted by molar-refractivity contribution is 6.31. The Morgan fingerprint density at radius 3 is 2.38 bits per heavy atom. The third-order valence-electron chi connectivity index (χ3n) is 6.48. The molecule has 0 atom stereocenters. The van der Waals surface area contributed by atoms with Gasteiger partial charge < -0.3 is 14.5 Å². The number of likely N-dealkylation sites (N-methyl/N-ethyl adjacent to an activating group) is 1. The molecule has 1 aromatic carbocycles. The van der Waals surface area contributed by atoms with Crippen LogP contribution in [0.1, 0.15) is 54.9 Å². The number of esters is 1. The van der Waals surface area contributed by atoms with Gasteiger partial charge in [0, 0.05) is 30.7 Å². The first-order valence-corrected chi connectivity index (χ1v) is 9.83. The summed E-state index contributed by atoms with van der Waals surface area (Å²) in [5.74, 6) is -0.461. The Bertz CT molecular complexity index is 722. The van der Waals surface area contributed by atoms with Gasteiger partial charge in [-0.1, -0.05) is 11.6 Å². The standard InChI is InChI=1S/C20H27ClN2O3/c1-4-23(10-5-6-11-23)20(8-7-9-20)19(25)22-17-14(2)12-15(21)13-16(17)18(24)26-3/h12-13H,4-11H2,1-3H3/p+1. The minimum absolute atomic E-state index is 0.0306. The quantitative estimate of drug-likeness (QED) is 0.623. The molecule has 1 N–H and O–H groups in total. The molecule has 0 bridgehead atoms. The van der Waals surface area contributed by atoms with Crippen molar-refractivity contribution in [2.75, 3.05) is 32.1 Å². The number of halogens is 1. The largest absolute Gasteiger partial charge is 0.465 e. The van der Waals surface area contributed by atoms with Crippen molar-refractivity contribution in [1.82, 2.24) is 0 Å². The predicted molar refractivity (Wildman–Crippen MR) is 103 cm³/mol. The van der Waals surface area contributed by atoms with Gasteiger partial charge in [-0.25, -0.2) is 4.79 Å². The van der Waals surface area contributed by atoms with Gasteiger partial charge in [0.15, 0.2) is 5.54 Å². The van der Waals surface area contributed by atoms with Crippen molar-refractivity contribution in [3.63, 3.8) is 0 Å². The number of quaternary nitrogens is 1. The van der Waals surface area contributed by atoms with Crippen LogP contribution in [0.5, 0.6) is 0 Å². The molecular weight excluding hydrogens is 352 g/mol. The first-order valence-electron chi connectivity index (χ1n) is 9.45. The maximum atomic E-state index is 13.5. The van der Waals surface area contributed by atoms with Gasteiger partial charge in [0.1, 0.15) is 0 Å². The summed E-state index contributed by atoms with van der Waals surface area (Å²) in [6.07, 6.45) is 5.25. The number of hydrogen-bond acceptors (Lipinski definition) is 3. The molecule has 0 spiro atoms. The Morgan fingerprint density at radius 2 is 1.88 bits per heavy atom. The first-order chi connectivity index (χ1) is 12.4. The second-order valence-electron chi connectivity index (χ2n) is 7.59. The molecular formula is C20H28ClN2O3+. The lowest BCUT2D eigenvalue weighted by molar-refractivity contribution is -0.960. The Balaban J connectivity index is 1.96. The molecule has 1 saturated carbocycles. The number of methoxy groups -OCH3 is 1. The van der Waals surface area contributed by atoms with E-state index < -0.39 is 5.97 Å². The summed E-state index contributed by atoms with van der Waals surface area (Å²) in [5, 5.41) is 3.54. The fraction of sp³-hybridized carbons (Fsp3) is 0.600. The number of amides is 1. The van der Waals surface area contributed by atoms with Gasteiger partial charge in [-0.2, -0.15) is 0 Å². The van der Waals surface area contributed by atoms with Crippen molar-refractivity contribution in [1.29, 1.82) is 0 Å². The van der Waals surface area contributed by atoms with Crippen molar-refractivity contribution < 1.29 is 18.8 Å². The third kappa shape index (κ3) is 2.91. The Labute approximate surface area is 160 Å². The van der Waals surface area contributed by atoms with Crippen LogP contribution in [0.15, 0.2) is 12.1 Å². The van der Waals surface area contributed by atoms with Gasteiger partial charge in [-0.05, 0) is 38.0 Å². The normalized spacial score (nSPS) is 20.3. The summed E-state index contributed by atoms with van der Waals surface area (Å²) in [4.78, 5) is 25.6. The van der Waals surface area contributed by atoms with Crippen molar-refractivity contribution in [3.8, 4) is 0 Å². The Hall–Kier alpha value is -1.59. The molecule has 142 valence electrons. The van der Waals surface area contributed by atoms with Crippen LogP contribution in [0.3, 0.4) is 0 Å². The molecule has 1 aliphatic carbocycles. The van der Waals surface area contributed by atoms with Crippen molar-refractivity contribution in [2.45, 2.75) is 51.5 Å². The fourth-order valence-corrected chi connectivity index (χ4v) is 5.10. The van der Waals surface area contributed by atoms with E-state index in [-0.39, 0.29) is 11.4 Å². The van der Waals surface area contributed by atoms with Gasteiger partial charge in [0.2, 0.25) is 0 Å². The van der Waals surface area contributed by atoms with E-state index in [2.05, 4.69) is 12.2 Å². The summed E-state index contributed by atoms with van der Waals surface area (Å²) in [5.41, 5.74) is 1.23. The van der Waals surface area contributed by atoms with E-state index in [1.165, 1.54) is 20.0 Å². The number of likely N-dealkylation sites (tertiary alicyclic amines) is 1. The molecule has 1 aliphatic heterocycles. The van der Waals surface area contributed by atoms with Crippen LogP contribution < -0.4 is 5.32 Å². The number of anilines is 1. The topological polar surface area (TPSA) is 55.4 Å². The zero-order valence-electron chi connectivity index (χ0n) is 15.9. The molecule has 3 rings (SSSR count). The summed E-state index contributed by atoms with van der Waals surface area (Å²) < 4.78 is 5.76. The molecule has 0 aromatic heterocycles. The van der Waals surface area contributed by atoms with E-state index in [1.54, 1.807) is 12.1 Å². The lowest BCUT2D eigenvalue weighted by Gasteiger charge is -2.54. The van der Waals surface area contributed by atoms with E-state index in [1.807, 2.05) is 6.92 Å². The van der Waals surface area contributed by atoms with E-state index >= 15 is 0 Å². The summed E-state index contributed by atoms with van der Waals surface area (Å²) >= 11 is 6.11. The molecule has 2 fully saturated rings. The summed E-state index contributed by atoms with van der Waals surface area (Å²) in [7, 11) is 1.33. The molecule has 1 heterocycles. The number of ether oxygens (including phenoxy) is 1. The zero-order chi connectivity index (χ0) is 18.9. The van der Waals surface area contributed by atoms with Crippen molar-refractivity contribution >= 4 is 29.2 Å². The SMILES string of the molecule is CC[N+]1(C2(C(=O)Nc3c(C)cc(Cl)cc3C(=O)OC)CCC2)CCCC1. The van der Waals surface area contributed by atoms with Crippen LogP contribution in [-0.2, 0) is 9.53 Å². The molecule has 2 aliphatic rings. The minimum atomic E-state index is -0.492. The average molecular weight is 380 g/mol. The maximum Gasteiger partial charge on any atom is 0.340 e. The number of nitrogens with one attached hydrogen (secondary N) is 1. The van der Waals surface area contributed by atoms with Gasteiger partial charge in [-0.3, -0.25) is 4.79 Å². The molecule has 6 heteroatoms. The van der Waals surface area contributed by atoms with Crippen LogP contribution in [0.2, 0.25) is 5.02 Å². The number of carbonyl (C=O) groups is 2. The lowest BCUT2D eigenvalue weighted by atomic mass is 9.72. The Morgan fingerprint density at radius 1 is 1.23 bits per heavy atom. The first kappa shape index (κ1) is 19.2. The van der Waals surface area contributed by atoms with E-state index in [9.17, 15) is 9.59 Å². The third-order valence-corrected chi connectivity index (χ3v) is 6.70. The van der Waals surface area contributed by atoms with Crippen molar-refractivity contribution in [3.05, 3.63) is 28.3 Å². The van der Waals surface area contributed by atoms with Crippen LogP contribution >= 0.6 is 11.6 Å². The number of aryl methyl sites for hydroxylation is 1. The van der Waals surface area contributed by atoms with Crippen LogP contribution in [0.4, 0.5) is 5.69 Å². The number of carbonyl (C=O) groups excluding carboxylic acids is 2. The molecule has 0 unspecified atom stereocenters. The van der Waals surface area contributed by atoms with Gasteiger partial charge >= 0.3 is 5.97 Å². The summed E-state index contributed by atoms with van der Waals surface area (Å²) in [6, 6.07) is 3.32. The number of rotatable bonds is 5. The van der Waals surface area contributed by atoms with E-state index in [4.69, 9.17) is 16.3 Å². The van der Waals surface area contributed by atoms with E-state index in [0.717, 1.165) is 48.9 Å². The van der Waals surface area contributed by atoms with Gasteiger partial charge in [-0.15, -0.1) is 0 Å². The minimum Gasteiger partial charge on any atom is -0.465 e. The highest BCUT2D eigenvalue weighted by Gasteiger charge is 2.60.